The Morgan fingerprint density at radius 2 is 2.03 bits per heavy atom. The molecule has 0 fully saturated rings. The van der Waals surface area contributed by atoms with E-state index in [1.54, 1.807) is 24.6 Å². The number of carbonyl (C=O) groups is 2. The number of imidazole rings is 1. The number of anilines is 1. The van der Waals surface area contributed by atoms with Gasteiger partial charge in [-0.05, 0) is 43.5 Å². The molecule has 1 N–H and O–H groups in total. The van der Waals surface area contributed by atoms with Crippen molar-refractivity contribution in [3.63, 3.8) is 0 Å². The first-order valence-electron chi connectivity index (χ1n) is 10.2. The number of thiophene rings is 1. The molecule has 0 spiro atoms. The monoisotopic (exact) mass is 473 g/mol. The predicted octanol–water partition coefficient (Wildman–Crippen LogP) is 4.31. The van der Waals surface area contributed by atoms with Crippen molar-refractivity contribution in [2.24, 2.45) is 0 Å². The fourth-order valence-corrected chi connectivity index (χ4v) is 4.92. The summed E-state index contributed by atoms with van der Waals surface area (Å²) in [6.45, 7) is 5.84. The predicted molar refractivity (Wildman–Crippen MR) is 124 cm³/mol. The van der Waals surface area contributed by atoms with Gasteiger partial charge in [0.25, 0.3) is 0 Å². The van der Waals surface area contributed by atoms with E-state index < -0.39 is 5.97 Å². The first kappa shape index (κ1) is 22.2. The molecule has 1 amide bonds. The Balaban J connectivity index is 1.44. The van der Waals surface area contributed by atoms with E-state index in [2.05, 4.69) is 14.9 Å². The van der Waals surface area contributed by atoms with Crippen LogP contribution in [0.5, 0.6) is 11.5 Å². The lowest BCUT2D eigenvalue weighted by Crippen LogP contribution is -2.16. The molecule has 3 heterocycles. The summed E-state index contributed by atoms with van der Waals surface area (Å²) < 4.78 is 18.4. The van der Waals surface area contributed by atoms with Crippen LogP contribution in [0.25, 0.3) is 11.3 Å². The number of aromatic nitrogens is 2. The Bertz CT molecular complexity index is 1120. The van der Waals surface area contributed by atoms with Gasteiger partial charge in [-0.25, -0.2) is 9.78 Å². The molecule has 0 radical (unpaired) electrons. The van der Waals surface area contributed by atoms with Crippen molar-refractivity contribution >= 4 is 40.0 Å². The molecule has 10 heteroatoms. The summed E-state index contributed by atoms with van der Waals surface area (Å²) in [6, 6.07) is 7.48. The summed E-state index contributed by atoms with van der Waals surface area (Å²) in [5.74, 6) is 0.971. The Morgan fingerprint density at radius 3 is 2.81 bits per heavy atom. The van der Waals surface area contributed by atoms with Crippen LogP contribution in [0.2, 0.25) is 0 Å². The largest absolute Gasteiger partial charge is 0.486 e. The van der Waals surface area contributed by atoms with E-state index in [-0.39, 0.29) is 18.3 Å². The second kappa shape index (κ2) is 10.1. The Morgan fingerprint density at radius 1 is 1.22 bits per heavy atom. The van der Waals surface area contributed by atoms with Crippen LogP contribution >= 0.6 is 23.1 Å². The van der Waals surface area contributed by atoms with Crippen LogP contribution < -0.4 is 14.8 Å². The molecule has 168 valence electrons. The minimum atomic E-state index is -0.442. The van der Waals surface area contributed by atoms with E-state index in [0.29, 0.717) is 30.3 Å². The van der Waals surface area contributed by atoms with Gasteiger partial charge in [0.05, 0.1) is 29.8 Å². The summed E-state index contributed by atoms with van der Waals surface area (Å²) in [5.41, 5.74) is 2.28. The smallest absolute Gasteiger partial charge is 0.341 e. The molecule has 0 aliphatic carbocycles. The molecule has 0 saturated carbocycles. The van der Waals surface area contributed by atoms with E-state index >= 15 is 0 Å². The summed E-state index contributed by atoms with van der Waals surface area (Å²) in [5, 5.41) is 5.78. The van der Waals surface area contributed by atoms with Crippen molar-refractivity contribution in [1.82, 2.24) is 9.55 Å². The molecular weight excluding hydrogens is 450 g/mol. The highest BCUT2D eigenvalue weighted by atomic mass is 32.2. The lowest BCUT2D eigenvalue weighted by Gasteiger charge is -2.19. The number of hydrogen-bond acceptors (Lipinski definition) is 8. The first-order chi connectivity index (χ1) is 15.6. The van der Waals surface area contributed by atoms with Crippen molar-refractivity contribution < 1.29 is 23.8 Å². The van der Waals surface area contributed by atoms with Gasteiger partial charge < -0.3 is 24.1 Å². The number of nitrogens with one attached hydrogen (secondary N) is 1. The van der Waals surface area contributed by atoms with Gasteiger partial charge in [-0.1, -0.05) is 11.8 Å². The number of hydrogen-bond donors (Lipinski definition) is 1. The summed E-state index contributed by atoms with van der Waals surface area (Å²) >= 11 is 2.63. The zero-order valence-electron chi connectivity index (χ0n) is 17.8. The molecule has 0 atom stereocenters. The lowest BCUT2D eigenvalue weighted by molar-refractivity contribution is -0.113. The molecule has 8 nitrogen and oxygen atoms in total. The highest BCUT2D eigenvalue weighted by Crippen LogP contribution is 2.35. The third-order valence-corrected chi connectivity index (χ3v) is 6.54. The minimum absolute atomic E-state index is 0.164. The van der Waals surface area contributed by atoms with E-state index in [1.807, 2.05) is 25.1 Å². The van der Waals surface area contributed by atoms with Crippen molar-refractivity contribution in [2.45, 2.75) is 25.5 Å². The van der Waals surface area contributed by atoms with Gasteiger partial charge >= 0.3 is 5.97 Å². The van der Waals surface area contributed by atoms with Gasteiger partial charge in [-0.3, -0.25) is 4.79 Å². The molecule has 32 heavy (non-hydrogen) atoms. The zero-order valence-corrected chi connectivity index (χ0v) is 19.4. The van der Waals surface area contributed by atoms with Crippen LogP contribution in [-0.2, 0) is 16.1 Å². The molecular formula is C22H23N3O5S2. The number of ether oxygens (including phenoxy) is 3. The highest BCUT2D eigenvalue weighted by molar-refractivity contribution is 7.99. The average molecular weight is 474 g/mol. The van der Waals surface area contributed by atoms with Crippen LogP contribution in [0.3, 0.4) is 0 Å². The van der Waals surface area contributed by atoms with Gasteiger partial charge in [-0.2, -0.15) is 0 Å². The van der Waals surface area contributed by atoms with E-state index in [1.165, 1.54) is 23.1 Å². The standard InChI is InChI=1S/C22H23N3O5S2/c1-3-25-16(14-5-6-17-18(11-14)30-9-8-29-17)12-23-22(25)32-13-19(26)24-20-15(7-10-31-20)21(27)28-4-2/h5-7,10-12H,3-4,8-9,13H2,1-2H3,(H,24,26). The summed E-state index contributed by atoms with van der Waals surface area (Å²) in [6.07, 6.45) is 1.80. The molecule has 0 unspecified atom stereocenters. The van der Waals surface area contributed by atoms with Gasteiger partial charge in [-0.15, -0.1) is 11.3 Å². The molecule has 1 aliphatic heterocycles. The molecule has 0 saturated heterocycles. The number of fused-ring (bicyclic) bond motifs is 1. The van der Waals surface area contributed by atoms with Gasteiger partial charge in [0.1, 0.15) is 18.2 Å². The van der Waals surface area contributed by atoms with Crippen molar-refractivity contribution in [1.29, 1.82) is 0 Å². The average Bonchev–Trinajstić information content (AvgIpc) is 3.44. The fourth-order valence-electron chi connectivity index (χ4n) is 3.28. The molecule has 1 aromatic carbocycles. The second-order valence-electron chi connectivity index (χ2n) is 6.75. The third kappa shape index (κ3) is 4.76. The fraction of sp³-hybridized carbons (Fsp3) is 0.318. The van der Waals surface area contributed by atoms with E-state index in [4.69, 9.17) is 14.2 Å². The maximum Gasteiger partial charge on any atom is 0.341 e. The number of thioether (sulfide) groups is 1. The van der Waals surface area contributed by atoms with Crippen LogP contribution in [0.15, 0.2) is 41.0 Å². The van der Waals surface area contributed by atoms with Gasteiger partial charge in [0, 0.05) is 12.1 Å². The second-order valence-corrected chi connectivity index (χ2v) is 8.61. The number of nitrogens with zero attached hydrogens (tertiary/aromatic N) is 2. The van der Waals surface area contributed by atoms with E-state index in [9.17, 15) is 9.59 Å². The number of amides is 1. The third-order valence-electron chi connectivity index (χ3n) is 4.72. The molecule has 2 aromatic heterocycles. The summed E-state index contributed by atoms with van der Waals surface area (Å²) in [7, 11) is 0. The van der Waals surface area contributed by atoms with Crippen molar-refractivity contribution in [3.05, 3.63) is 41.4 Å². The number of carbonyl (C=O) groups excluding carboxylic acids is 2. The van der Waals surface area contributed by atoms with Crippen LogP contribution in [-0.4, -0.2) is 47.0 Å². The molecule has 0 bridgehead atoms. The topological polar surface area (TPSA) is 91.7 Å². The quantitative estimate of drug-likeness (QED) is 0.385. The Labute approximate surface area is 193 Å². The molecule has 3 aromatic rings. The van der Waals surface area contributed by atoms with Gasteiger partial charge in [0.2, 0.25) is 5.91 Å². The first-order valence-corrected chi connectivity index (χ1v) is 12.1. The van der Waals surface area contributed by atoms with Crippen molar-refractivity contribution in [3.8, 4) is 22.8 Å². The molecule has 1 aliphatic rings. The minimum Gasteiger partial charge on any atom is -0.486 e. The normalized spacial score (nSPS) is 12.4. The van der Waals surface area contributed by atoms with Crippen LogP contribution in [0, 0.1) is 0 Å². The van der Waals surface area contributed by atoms with Crippen LogP contribution in [0.1, 0.15) is 24.2 Å². The molecule has 4 rings (SSSR count). The maximum atomic E-state index is 12.5. The van der Waals surface area contributed by atoms with E-state index in [0.717, 1.165) is 27.9 Å². The Kier molecular flexibility index (Phi) is 7.01. The van der Waals surface area contributed by atoms with Gasteiger partial charge in [0.15, 0.2) is 16.7 Å². The zero-order chi connectivity index (χ0) is 22.5. The maximum absolute atomic E-state index is 12.5. The highest BCUT2D eigenvalue weighted by Gasteiger charge is 2.19. The van der Waals surface area contributed by atoms with Crippen molar-refractivity contribution in [2.75, 3.05) is 30.9 Å². The SMILES string of the molecule is CCOC(=O)c1ccsc1NC(=O)CSc1ncc(-c2ccc3c(c2)OCCO3)n1CC. The van der Waals surface area contributed by atoms with Crippen LogP contribution in [0.4, 0.5) is 5.00 Å². The summed E-state index contributed by atoms with van der Waals surface area (Å²) in [4.78, 5) is 29.0. The number of rotatable bonds is 8. The lowest BCUT2D eigenvalue weighted by atomic mass is 10.1. The Hall–Kier alpha value is -2.98. The number of benzene rings is 1. The number of esters is 1.